The minimum atomic E-state index is -0.850. The van der Waals surface area contributed by atoms with E-state index in [9.17, 15) is 9.59 Å². The number of carbonyl (C=O) groups excluding carboxylic acids is 1. The molecule has 1 amide bonds. The van der Waals surface area contributed by atoms with Crippen molar-refractivity contribution >= 4 is 11.9 Å². The van der Waals surface area contributed by atoms with Gasteiger partial charge in [0.1, 0.15) is 0 Å². The van der Waals surface area contributed by atoms with Gasteiger partial charge in [-0.3, -0.25) is 9.59 Å². The summed E-state index contributed by atoms with van der Waals surface area (Å²) in [7, 11) is 0. The van der Waals surface area contributed by atoms with Crippen molar-refractivity contribution < 1.29 is 14.7 Å². The van der Waals surface area contributed by atoms with Gasteiger partial charge in [0.05, 0.1) is 13.1 Å². The number of terminal acetylenes is 2. The molecule has 0 aliphatic carbocycles. The van der Waals surface area contributed by atoms with Crippen LogP contribution in [0.15, 0.2) is 0 Å². The van der Waals surface area contributed by atoms with E-state index in [0.717, 1.165) is 0 Å². The molecule has 86 valence electrons. The molecule has 16 heavy (non-hydrogen) atoms. The fraction of sp³-hybridized carbons (Fsp3) is 0.500. The lowest BCUT2D eigenvalue weighted by Crippen LogP contribution is -2.31. The molecule has 0 spiro atoms. The summed E-state index contributed by atoms with van der Waals surface area (Å²) in [4.78, 5) is 23.2. The molecule has 0 unspecified atom stereocenters. The predicted octanol–water partition coefficient (Wildman–Crippen LogP) is 0.726. The minimum Gasteiger partial charge on any atom is -0.481 e. The lowest BCUT2D eigenvalue weighted by molar-refractivity contribution is -0.137. The van der Waals surface area contributed by atoms with E-state index in [4.69, 9.17) is 18.0 Å². The average molecular weight is 221 g/mol. The Morgan fingerprint density at radius 3 is 2.00 bits per heavy atom. The van der Waals surface area contributed by atoms with Gasteiger partial charge in [-0.15, -0.1) is 12.8 Å². The van der Waals surface area contributed by atoms with Gasteiger partial charge in [0, 0.05) is 12.8 Å². The Bertz CT molecular complexity index is 306. The molecule has 4 heteroatoms. The van der Waals surface area contributed by atoms with E-state index in [2.05, 4.69) is 11.8 Å². The molecule has 0 radical (unpaired) electrons. The van der Waals surface area contributed by atoms with Crippen LogP contribution >= 0.6 is 0 Å². The van der Waals surface area contributed by atoms with E-state index < -0.39 is 5.97 Å². The fourth-order valence-corrected chi connectivity index (χ4v) is 1.16. The van der Waals surface area contributed by atoms with Gasteiger partial charge in [-0.1, -0.05) is 11.8 Å². The summed E-state index contributed by atoms with van der Waals surface area (Å²) in [5, 5.41) is 8.41. The first-order valence-corrected chi connectivity index (χ1v) is 4.98. The lowest BCUT2D eigenvalue weighted by atomic mass is 10.2. The van der Waals surface area contributed by atoms with Crippen molar-refractivity contribution in [3.63, 3.8) is 0 Å². The third kappa shape index (κ3) is 6.50. The molecule has 0 aliphatic heterocycles. The summed E-state index contributed by atoms with van der Waals surface area (Å²) >= 11 is 0. The van der Waals surface area contributed by atoms with Crippen molar-refractivity contribution in [2.45, 2.75) is 25.7 Å². The Hall–Kier alpha value is -1.94. The molecular formula is C12H15NO3. The molecule has 0 fully saturated rings. The Kier molecular flexibility index (Phi) is 7.36. The van der Waals surface area contributed by atoms with Crippen LogP contribution in [-0.2, 0) is 9.59 Å². The highest BCUT2D eigenvalue weighted by molar-refractivity contribution is 5.76. The Balaban J connectivity index is 3.88. The number of carboxylic acid groups (broad SMARTS) is 1. The van der Waals surface area contributed by atoms with Crippen LogP contribution in [0.4, 0.5) is 0 Å². The predicted molar refractivity (Wildman–Crippen MR) is 60.3 cm³/mol. The maximum atomic E-state index is 11.6. The number of unbranched alkanes of at least 4 members (excludes halogenated alkanes) is 1. The molecule has 0 saturated heterocycles. The van der Waals surface area contributed by atoms with Crippen molar-refractivity contribution in [1.82, 2.24) is 4.90 Å². The summed E-state index contributed by atoms with van der Waals surface area (Å²) in [6, 6.07) is 0. The number of amides is 1. The number of hydrogen-bond donors (Lipinski definition) is 1. The molecule has 1 N–H and O–H groups in total. The van der Waals surface area contributed by atoms with Crippen LogP contribution in [0, 0.1) is 24.7 Å². The van der Waals surface area contributed by atoms with E-state index in [0.29, 0.717) is 12.8 Å². The molecule has 0 rings (SSSR count). The van der Waals surface area contributed by atoms with Crippen LogP contribution < -0.4 is 0 Å². The van der Waals surface area contributed by atoms with Crippen molar-refractivity contribution in [3.05, 3.63) is 0 Å². The Morgan fingerprint density at radius 2 is 1.56 bits per heavy atom. The maximum Gasteiger partial charge on any atom is 0.303 e. The first kappa shape index (κ1) is 14.1. The molecule has 0 aromatic carbocycles. The van der Waals surface area contributed by atoms with Gasteiger partial charge in [0.25, 0.3) is 0 Å². The quantitative estimate of drug-likeness (QED) is 0.509. The lowest BCUT2D eigenvalue weighted by Gasteiger charge is -2.16. The molecule has 0 aliphatic rings. The second kappa shape index (κ2) is 8.38. The normalized spacial score (nSPS) is 8.88. The summed E-state index contributed by atoms with van der Waals surface area (Å²) in [6.07, 6.45) is 11.6. The average Bonchev–Trinajstić information content (AvgIpc) is 2.23. The second-order valence-electron chi connectivity index (χ2n) is 3.26. The van der Waals surface area contributed by atoms with Crippen LogP contribution in [-0.4, -0.2) is 35.0 Å². The number of carboxylic acids is 1. The van der Waals surface area contributed by atoms with Crippen LogP contribution in [0.3, 0.4) is 0 Å². The van der Waals surface area contributed by atoms with Gasteiger partial charge in [-0.25, -0.2) is 0 Å². The number of carbonyl (C=O) groups is 2. The summed E-state index contributed by atoms with van der Waals surface area (Å²) in [5.74, 6) is 3.74. The van der Waals surface area contributed by atoms with E-state index in [1.807, 2.05) is 0 Å². The van der Waals surface area contributed by atoms with E-state index in [1.165, 1.54) is 4.90 Å². The topological polar surface area (TPSA) is 57.6 Å². The zero-order valence-corrected chi connectivity index (χ0v) is 9.11. The van der Waals surface area contributed by atoms with Gasteiger partial charge < -0.3 is 10.0 Å². The third-order valence-corrected chi connectivity index (χ3v) is 1.95. The van der Waals surface area contributed by atoms with Crippen molar-refractivity contribution in [2.24, 2.45) is 0 Å². The van der Waals surface area contributed by atoms with Crippen molar-refractivity contribution in [2.75, 3.05) is 13.1 Å². The van der Waals surface area contributed by atoms with Crippen molar-refractivity contribution in [1.29, 1.82) is 0 Å². The second-order valence-corrected chi connectivity index (χ2v) is 3.26. The molecule has 0 aromatic heterocycles. The molecule has 0 bridgehead atoms. The van der Waals surface area contributed by atoms with Gasteiger partial charge >= 0.3 is 5.97 Å². The highest BCUT2D eigenvalue weighted by Crippen LogP contribution is 2.03. The van der Waals surface area contributed by atoms with Crippen molar-refractivity contribution in [3.8, 4) is 24.7 Å². The smallest absolute Gasteiger partial charge is 0.303 e. The molecular weight excluding hydrogens is 206 g/mol. The number of hydrogen-bond acceptors (Lipinski definition) is 2. The molecule has 0 heterocycles. The molecule has 4 nitrogen and oxygen atoms in total. The largest absolute Gasteiger partial charge is 0.481 e. The number of rotatable bonds is 7. The van der Waals surface area contributed by atoms with Gasteiger partial charge in [-0.2, -0.15) is 0 Å². The summed E-state index contributed by atoms with van der Waals surface area (Å²) < 4.78 is 0. The van der Waals surface area contributed by atoms with E-state index in [-0.39, 0.29) is 31.8 Å². The van der Waals surface area contributed by atoms with Gasteiger partial charge in [0.2, 0.25) is 5.91 Å². The van der Waals surface area contributed by atoms with Crippen LogP contribution in [0.1, 0.15) is 25.7 Å². The SMILES string of the molecule is C#CCN(CC#C)C(=O)CCCCC(=O)O. The number of nitrogens with zero attached hydrogens (tertiary/aromatic N) is 1. The van der Waals surface area contributed by atoms with Crippen LogP contribution in [0.5, 0.6) is 0 Å². The van der Waals surface area contributed by atoms with Gasteiger partial charge in [0.15, 0.2) is 0 Å². The highest BCUT2D eigenvalue weighted by Gasteiger charge is 2.10. The first-order valence-electron chi connectivity index (χ1n) is 4.98. The monoisotopic (exact) mass is 221 g/mol. The fourth-order valence-electron chi connectivity index (χ4n) is 1.16. The minimum absolute atomic E-state index is 0.0809. The summed E-state index contributed by atoms with van der Waals surface area (Å²) in [5.41, 5.74) is 0. The summed E-state index contributed by atoms with van der Waals surface area (Å²) in [6.45, 7) is 0.393. The third-order valence-electron chi connectivity index (χ3n) is 1.95. The van der Waals surface area contributed by atoms with Gasteiger partial charge in [-0.05, 0) is 12.8 Å². The van der Waals surface area contributed by atoms with Crippen LogP contribution in [0.25, 0.3) is 0 Å². The van der Waals surface area contributed by atoms with E-state index >= 15 is 0 Å². The molecule has 0 aromatic rings. The Morgan fingerprint density at radius 1 is 1.06 bits per heavy atom. The maximum absolute atomic E-state index is 11.6. The Labute approximate surface area is 95.6 Å². The zero-order chi connectivity index (χ0) is 12.4. The van der Waals surface area contributed by atoms with E-state index in [1.54, 1.807) is 0 Å². The number of aliphatic carboxylic acids is 1. The zero-order valence-electron chi connectivity index (χ0n) is 9.11. The molecule has 0 atom stereocenters. The highest BCUT2D eigenvalue weighted by atomic mass is 16.4. The standard InChI is InChI=1S/C12H15NO3/c1-3-9-13(10-4-2)11(14)7-5-6-8-12(15)16/h1-2H,5-10H2,(H,15,16). The molecule has 0 saturated carbocycles. The van der Waals surface area contributed by atoms with Crippen LogP contribution in [0.2, 0.25) is 0 Å². The first-order chi connectivity index (χ1) is 7.61.